The Kier molecular flexibility index (Phi) is 5.35. The highest BCUT2D eigenvalue weighted by molar-refractivity contribution is 5.90. The highest BCUT2D eigenvalue weighted by Gasteiger charge is 2.21. The molecule has 5 heteroatoms. The van der Waals surface area contributed by atoms with Crippen LogP contribution in [0.15, 0.2) is 18.3 Å². The number of methoxy groups -OCH3 is 1. The van der Waals surface area contributed by atoms with Gasteiger partial charge in [-0.25, -0.2) is 9.78 Å². The molecule has 1 saturated heterocycles. The zero-order valence-corrected chi connectivity index (χ0v) is 12.2. The van der Waals surface area contributed by atoms with Crippen molar-refractivity contribution >= 4 is 11.8 Å². The first-order valence-corrected chi connectivity index (χ1v) is 7.15. The predicted octanol–water partition coefficient (Wildman–Crippen LogP) is 2.26. The zero-order valence-electron chi connectivity index (χ0n) is 12.2. The maximum Gasteiger partial charge on any atom is 0.338 e. The molecule has 2 heterocycles. The molecule has 5 nitrogen and oxygen atoms in total. The van der Waals surface area contributed by atoms with Crippen LogP contribution in [0.3, 0.4) is 0 Å². The third kappa shape index (κ3) is 3.70. The van der Waals surface area contributed by atoms with Gasteiger partial charge in [-0.3, -0.25) is 0 Å². The summed E-state index contributed by atoms with van der Waals surface area (Å²) in [6.07, 6.45) is 5.11. The average Bonchev–Trinajstić information content (AvgIpc) is 2.52. The van der Waals surface area contributed by atoms with E-state index in [-0.39, 0.29) is 12.1 Å². The maximum absolute atomic E-state index is 11.6. The Labute approximate surface area is 119 Å². The Morgan fingerprint density at radius 1 is 1.55 bits per heavy atom. The van der Waals surface area contributed by atoms with Gasteiger partial charge in [-0.15, -0.1) is 0 Å². The number of hydrogen-bond acceptors (Lipinski definition) is 5. The van der Waals surface area contributed by atoms with E-state index in [0.717, 1.165) is 44.8 Å². The minimum absolute atomic E-state index is 0.257. The van der Waals surface area contributed by atoms with E-state index in [1.807, 2.05) is 0 Å². The fraction of sp³-hybridized carbons (Fsp3) is 0.600. The largest absolute Gasteiger partial charge is 0.465 e. The van der Waals surface area contributed by atoms with Crippen molar-refractivity contribution in [2.75, 3.05) is 31.7 Å². The Balaban J connectivity index is 2.04. The summed E-state index contributed by atoms with van der Waals surface area (Å²) < 4.78 is 10.6. The van der Waals surface area contributed by atoms with E-state index in [2.05, 4.69) is 16.8 Å². The van der Waals surface area contributed by atoms with Crippen LogP contribution in [-0.2, 0) is 9.47 Å². The molecule has 110 valence electrons. The molecule has 1 fully saturated rings. The van der Waals surface area contributed by atoms with Gasteiger partial charge in [0, 0.05) is 25.9 Å². The molecular formula is C15H22N2O3. The summed E-state index contributed by atoms with van der Waals surface area (Å²) in [6.45, 7) is 4.69. The number of carbonyl (C=O) groups excluding carboxylic acids is 1. The predicted molar refractivity (Wildman–Crippen MR) is 77.1 cm³/mol. The first kappa shape index (κ1) is 14.8. The minimum Gasteiger partial charge on any atom is -0.465 e. The number of esters is 1. The summed E-state index contributed by atoms with van der Waals surface area (Å²) in [4.78, 5) is 18.1. The molecule has 0 spiro atoms. The standard InChI is InChI=1S/C15H22N2O3/c1-3-9-20-13-5-4-8-17(11-13)14-10-12(6-7-16-14)15(18)19-2/h6-7,10,13H,3-5,8-9,11H2,1-2H3. The molecule has 1 atom stereocenters. The molecule has 1 unspecified atom stereocenters. The molecule has 2 rings (SSSR count). The summed E-state index contributed by atoms with van der Waals surface area (Å²) in [7, 11) is 1.39. The number of ether oxygens (including phenoxy) is 2. The van der Waals surface area contributed by atoms with Crippen molar-refractivity contribution in [3.05, 3.63) is 23.9 Å². The van der Waals surface area contributed by atoms with E-state index in [1.54, 1.807) is 18.3 Å². The van der Waals surface area contributed by atoms with Gasteiger partial charge in [0.15, 0.2) is 0 Å². The van der Waals surface area contributed by atoms with Crippen LogP contribution in [0.5, 0.6) is 0 Å². The quantitative estimate of drug-likeness (QED) is 0.773. The SMILES string of the molecule is CCCOC1CCCN(c2cc(C(=O)OC)ccn2)C1. The molecule has 1 aliphatic rings. The first-order chi connectivity index (χ1) is 9.74. The van der Waals surface area contributed by atoms with Gasteiger partial charge in [-0.05, 0) is 31.4 Å². The normalized spacial score (nSPS) is 18.9. The molecule has 0 saturated carbocycles. The van der Waals surface area contributed by atoms with E-state index in [4.69, 9.17) is 9.47 Å². The van der Waals surface area contributed by atoms with E-state index in [0.29, 0.717) is 5.56 Å². The average molecular weight is 278 g/mol. The van der Waals surface area contributed by atoms with Crippen LogP contribution in [0.1, 0.15) is 36.5 Å². The van der Waals surface area contributed by atoms with E-state index in [1.165, 1.54) is 7.11 Å². The highest BCUT2D eigenvalue weighted by atomic mass is 16.5. The number of rotatable bonds is 5. The Morgan fingerprint density at radius 3 is 3.15 bits per heavy atom. The van der Waals surface area contributed by atoms with Gasteiger partial charge in [0.25, 0.3) is 0 Å². The number of anilines is 1. The highest BCUT2D eigenvalue weighted by Crippen LogP contribution is 2.20. The lowest BCUT2D eigenvalue weighted by molar-refractivity contribution is 0.0439. The molecular weight excluding hydrogens is 256 g/mol. The number of piperidine rings is 1. The van der Waals surface area contributed by atoms with Crippen molar-refractivity contribution in [2.45, 2.75) is 32.3 Å². The summed E-state index contributed by atoms with van der Waals surface area (Å²) in [5, 5.41) is 0. The molecule has 0 aliphatic carbocycles. The molecule has 20 heavy (non-hydrogen) atoms. The second-order valence-corrected chi connectivity index (χ2v) is 4.98. The molecule has 0 radical (unpaired) electrons. The summed E-state index contributed by atoms with van der Waals surface area (Å²) >= 11 is 0. The smallest absolute Gasteiger partial charge is 0.338 e. The van der Waals surface area contributed by atoms with Gasteiger partial charge in [0.1, 0.15) is 5.82 Å². The molecule has 0 amide bonds. The molecule has 0 bridgehead atoms. The van der Waals surface area contributed by atoms with Crippen LogP contribution in [0, 0.1) is 0 Å². The van der Waals surface area contributed by atoms with Crippen molar-refractivity contribution in [3.8, 4) is 0 Å². The van der Waals surface area contributed by atoms with Crippen molar-refractivity contribution in [3.63, 3.8) is 0 Å². The van der Waals surface area contributed by atoms with Crippen LogP contribution >= 0.6 is 0 Å². The number of pyridine rings is 1. The van der Waals surface area contributed by atoms with Gasteiger partial charge in [-0.2, -0.15) is 0 Å². The van der Waals surface area contributed by atoms with Gasteiger partial charge in [0.2, 0.25) is 0 Å². The third-order valence-electron chi connectivity index (χ3n) is 3.43. The molecule has 1 aliphatic heterocycles. The minimum atomic E-state index is -0.329. The van der Waals surface area contributed by atoms with Crippen LogP contribution in [-0.4, -0.2) is 43.9 Å². The second kappa shape index (κ2) is 7.24. The lowest BCUT2D eigenvalue weighted by atomic mass is 10.1. The fourth-order valence-electron chi connectivity index (χ4n) is 2.40. The topological polar surface area (TPSA) is 51.7 Å². The van der Waals surface area contributed by atoms with Crippen molar-refractivity contribution in [1.82, 2.24) is 4.98 Å². The van der Waals surface area contributed by atoms with E-state index >= 15 is 0 Å². The first-order valence-electron chi connectivity index (χ1n) is 7.15. The number of hydrogen-bond donors (Lipinski definition) is 0. The Hall–Kier alpha value is -1.62. The lowest BCUT2D eigenvalue weighted by Gasteiger charge is -2.33. The molecule has 1 aromatic rings. The van der Waals surface area contributed by atoms with Crippen molar-refractivity contribution in [1.29, 1.82) is 0 Å². The Morgan fingerprint density at radius 2 is 2.40 bits per heavy atom. The number of aromatic nitrogens is 1. The van der Waals surface area contributed by atoms with E-state index < -0.39 is 0 Å². The van der Waals surface area contributed by atoms with Crippen molar-refractivity contribution in [2.24, 2.45) is 0 Å². The van der Waals surface area contributed by atoms with Crippen LogP contribution in [0.25, 0.3) is 0 Å². The Bertz CT molecular complexity index is 450. The summed E-state index contributed by atoms with van der Waals surface area (Å²) in [5.74, 6) is 0.488. The van der Waals surface area contributed by atoms with Crippen LogP contribution in [0.2, 0.25) is 0 Å². The molecule has 1 aromatic heterocycles. The van der Waals surface area contributed by atoms with Gasteiger partial charge < -0.3 is 14.4 Å². The second-order valence-electron chi connectivity index (χ2n) is 4.98. The number of nitrogens with zero attached hydrogens (tertiary/aromatic N) is 2. The van der Waals surface area contributed by atoms with Crippen molar-refractivity contribution < 1.29 is 14.3 Å². The third-order valence-corrected chi connectivity index (χ3v) is 3.43. The lowest BCUT2D eigenvalue weighted by Crippen LogP contribution is -2.40. The zero-order chi connectivity index (χ0) is 14.4. The van der Waals surface area contributed by atoms with Gasteiger partial charge in [-0.1, -0.05) is 6.92 Å². The van der Waals surface area contributed by atoms with Crippen LogP contribution in [0.4, 0.5) is 5.82 Å². The fourth-order valence-corrected chi connectivity index (χ4v) is 2.40. The summed E-state index contributed by atoms with van der Waals surface area (Å²) in [6, 6.07) is 3.46. The monoisotopic (exact) mass is 278 g/mol. The summed E-state index contributed by atoms with van der Waals surface area (Å²) in [5.41, 5.74) is 0.536. The molecule has 0 aromatic carbocycles. The van der Waals surface area contributed by atoms with Crippen LogP contribution < -0.4 is 4.90 Å². The van der Waals surface area contributed by atoms with E-state index in [9.17, 15) is 4.79 Å². The van der Waals surface area contributed by atoms with Gasteiger partial charge >= 0.3 is 5.97 Å². The number of carbonyl (C=O) groups is 1. The molecule has 0 N–H and O–H groups in total. The van der Waals surface area contributed by atoms with Gasteiger partial charge in [0.05, 0.1) is 18.8 Å². The maximum atomic E-state index is 11.6.